The molecule has 5 nitrogen and oxygen atoms in total. The van der Waals surface area contributed by atoms with Gasteiger partial charge >= 0.3 is 5.97 Å². The molecule has 0 saturated heterocycles. The van der Waals surface area contributed by atoms with Crippen LogP contribution in [0.3, 0.4) is 0 Å². The largest absolute Gasteiger partial charge is 0.478 e. The van der Waals surface area contributed by atoms with E-state index < -0.39 is 5.97 Å². The Morgan fingerprint density at radius 1 is 1.18 bits per heavy atom. The van der Waals surface area contributed by atoms with Crippen molar-refractivity contribution in [1.29, 1.82) is 0 Å². The Morgan fingerprint density at radius 2 is 1.76 bits per heavy atom. The van der Waals surface area contributed by atoms with Crippen molar-refractivity contribution in [2.75, 3.05) is 0 Å². The number of carbonyl (C=O) groups is 2. The quantitative estimate of drug-likeness (QED) is 0.636. The molecule has 1 saturated carbocycles. The molecule has 2 unspecified atom stereocenters. The summed E-state index contributed by atoms with van der Waals surface area (Å²) in [5, 5.41) is 11.6. The standard InChI is InChI=1S/C12H20N2O3/c1-7(8(2)12(16)17)11(15)14-10-6-4-3-5-9(10)13/h9-10H,3-6,13H2,1-2H3,(H,14,15)(H,16,17). The first-order valence-corrected chi connectivity index (χ1v) is 5.90. The fourth-order valence-electron chi connectivity index (χ4n) is 1.95. The van der Waals surface area contributed by atoms with Crippen LogP contribution >= 0.6 is 0 Å². The van der Waals surface area contributed by atoms with Crippen LogP contribution in [0.5, 0.6) is 0 Å². The van der Waals surface area contributed by atoms with Crippen molar-refractivity contribution in [3.63, 3.8) is 0 Å². The van der Waals surface area contributed by atoms with Crippen LogP contribution in [0.25, 0.3) is 0 Å². The number of aliphatic carboxylic acids is 1. The minimum absolute atomic E-state index is 0.0226. The van der Waals surface area contributed by atoms with E-state index in [1.807, 2.05) is 0 Å². The molecule has 0 aromatic carbocycles. The predicted octanol–water partition coefficient (Wildman–Crippen LogP) is 0.793. The van der Waals surface area contributed by atoms with Gasteiger partial charge in [-0.3, -0.25) is 4.79 Å². The second kappa shape index (κ2) is 5.82. The fraction of sp³-hybridized carbons (Fsp3) is 0.667. The lowest BCUT2D eigenvalue weighted by Crippen LogP contribution is -2.49. The Hall–Kier alpha value is -1.36. The molecular formula is C12H20N2O3. The molecule has 0 aromatic rings. The Labute approximate surface area is 101 Å². The van der Waals surface area contributed by atoms with Crippen molar-refractivity contribution in [2.24, 2.45) is 5.73 Å². The fourth-order valence-corrected chi connectivity index (χ4v) is 1.95. The molecule has 1 fully saturated rings. The van der Waals surface area contributed by atoms with Crippen molar-refractivity contribution in [3.05, 3.63) is 11.1 Å². The van der Waals surface area contributed by atoms with Crippen molar-refractivity contribution in [1.82, 2.24) is 5.32 Å². The summed E-state index contributed by atoms with van der Waals surface area (Å²) in [5.41, 5.74) is 6.24. The van der Waals surface area contributed by atoms with Crippen LogP contribution in [0, 0.1) is 0 Å². The van der Waals surface area contributed by atoms with Gasteiger partial charge in [-0.05, 0) is 26.7 Å². The Bertz CT molecular complexity index is 350. The maximum Gasteiger partial charge on any atom is 0.331 e. The third kappa shape index (κ3) is 3.56. The van der Waals surface area contributed by atoms with Gasteiger partial charge < -0.3 is 16.2 Å². The van der Waals surface area contributed by atoms with Gasteiger partial charge in [0.25, 0.3) is 0 Å². The van der Waals surface area contributed by atoms with Gasteiger partial charge in [-0.15, -0.1) is 0 Å². The summed E-state index contributed by atoms with van der Waals surface area (Å²) in [7, 11) is 0. The number of carboxylic acid groups (broad SMARTS) is 1. The topological polar surface area (TPSA) is 92.4 Å². The molecule has 1 aliphatic rings. The molecule has 0 aromatic heterocycles. The van der Waals surface area contributed by atoms with E-state index >= 15 is 0 Å². The van der Waals surface area contributed by atoms with E-state index in [0.29, 0.717) is 0 Å². The van der Waals surface area contributed by atoms with E-state index in [9.17, 15) is 9.59 Å². The summed E-state index contributed by atoms with van der Waals surface area (Å²) in [5.74, 6) is -1.39. The van der Waals surface area contributed by atoms with E-state index in [1.165, 1.54) is 13.8 Å². The zero-order valence-electron chi connectivity index (χ0n) is 10.3. The highest BCUT2D eigenvalue weighted by molar-refractivity contribution is 6.01. The van der Waals surface area contributed by atoms with E-state index in [2.05, 4.69) is 5.32 Å². The number of carboxylic acids is 1. The van der Waals surface area contributed by atoms with Crippen molar-refractivity contribution in [2.45, 2.75) is 51.6 Å². The number of amides is 1. The monoisotopic (exact) mass is 240 g/mol. The second-order valence-corrected chi connectivity index (χ2v) is 4.58. The minimum atomic E-state index is -1.06. The summed E-state index contributed by atoms with van der Waals surface area (Å²) in [6.45, 7) is 2.95. The van der Waals surface area contributed by atoms with Crippen LogP contribution < -0.4 is 11.1 Å². The highest BCUT2D eigenvalue weighted by atomic mass is 16.4. The Kier molecular flexibility index (Phi) is 4.69. The highest BCUT2D eigenvalue weighted by Crippen LogP contribution is 2.17. The van der Waals surface area contributed by atoms with Crippen molar-refractivity contribution < 1.29 is 14.7 Å². The summed E-state index contributed by atoms with van der Waals surface area (Å²) in [6, 6.07) is -0.0570. The summed E-state index contributed by atoms with van der Waals surface area (Å²) >= 11 is 0. The summed E-state index contributed by atoms with van der Waals surface area (Å²) in [6.07, 6.45) is 3.92. The third-order valence-electron chi connectivity index (χ3n) is 3.36. The number of hydrogen-bond donors (Lipinski definition) is 3. The van der Waals surface area contributed by atoms with E-state index in [1.54, 1.807) is 0 Å². The SMILES string of the molecule is CC(C(=O)O)=C(C)C(=O)NC1CCCCC1N. The molecule has 4 N–H and O–H groups in total. The molecule has 0 spiro atoms. The smallest absolute Gasteiger partial charge is 0.331 e. The van der Waals surface area contributed by atoms with E-state index in [0.717, 1.165) is 25.7 Å². The van der Waals surface area contributed by atoms with Crippen LogP contribution in [0.2, 0.25) is 0 Å². The maximum atomic E-state index is 11.8. The van der Waals surface area contributed by atoms with E-state index in [4.69, 9.17) is 10.8 Å². The first-order valence-electron chi connectivity index (χ1n) is 5.90. The molecule has 2 atom stereocenters. The van der Waals surface area contributed by atoms with E-state index in [-0.39, 0.29) is 29.1 Å². The minimum Gasteiger partial charge on any atom is -0.478 e. The van der Waals surface area contributed by atoms with Crippen LogP contribution in [0.15, 0.2) is 11.1 Å². The molecule has 0 aliphatic heterocycles. The molecule has 0 radical (unpaired) electrons. The first kappa shape index (κ1) is 13.7. The molecule has 1 aliphatic carbocycles. The van der Waals surface area contributed by atoms with Crippen molar-refractivity contribution >= 4 is 11.9 Å². The first-order chi connectivity index (χ1) is 7.93. The Morgan fingerprint density at radius 3 is 2.29 bits per heavy atom. The van der Waals surface area contributed by atoms with Gasteiger partial charge in [-0.1, -0.05) is 12.8 Å². The molecular weight excluding hydrogens is 220 g/mol. The van der Waals surface area contributed by atoms with Gasteiger partial charge in [-0.2, -0.15) is 0 Å². The lowest BCUT2D eigenvalue weighted by Gasteiger charge is -2.29. The van der Waals surface area contributed by atoms with Gasteiger partial charge in [-0.25, -0.2) is 4.79 Å². The lowest BCUT2D eigenvalue weighted by molar-refractivity contribution is -0.133. The Balaban J connectivity index is 2.65. The van der Waals surface area contributed by atoms with Gasteiger partial charge in [0, 0.05) is 23.2 Å². The summed E-state index contributed by atoms with van der Waals surface area (Å²) in [4.78, 5) is 22.6. The number of nitrogens with two attached hydrogens (primary N) is 1. The van der Waals surface area contributed by atoms with Gasteiger partial charge in [0.15, 0.2) is 0 Å². The normalized spacial score (nSPS) is 26.1. The number of carbonyl (C=O) groups excluding carboxylic acids is 1. The van der Waals surface area contributed by atoms with Crippen LogP contribution in [-0.4, -0.2) is 29.1 Å². The van der Waals surface area contributed by atoms with Gasteiger partial charge in [0.1, 0.15) is 0 Å². The number of hydrogen-bond acceptors (Lipinski definition) is 3. The molecule has 17 heavy (non-hydrogen) atoms. The predicted molar refractivity (Wildman–Crippen MR) is 64.4 cm³/mol. The van der Waals surface area contributed by atoms with Crippen molar-refractivity contribution in [3.8, 4) is 0 Å². The molecule has 0 bridgehead atoms. The molecule has 1 rings (SSSR count). The molecule has 96 valence electrons. The number of rotatable bonds is 3. The zero-order chi connectivity index (χ0) is 13.0. The van der Waals surface area contributed by atoms with Gasteiger partial charge in [0.05, 0.1) is 0 Å². The summed E-state index contributed by atoms with van der Waals surface area (Å²) < 4.78 is 0. The average Bonchev–Trinajstić information content (AvgIpc) is 2.30. The van der Waals surface area contributed by atoms with Gasteiger partial charge in [0.2, 0.25) is 5.91 Å². The third-order valence-corrected chi connectivity index (χ3v) is 3.36. The van der Waals surface area contributed by atoms with Crippen LogP contribution in [-0.2, 0) is 9.59 Å². The molecule has 0 heterocycles. The molecule has 5 heteroatoms. The highest BCUT2D eigenvalue weighted by Gasteiger charge is 2.24. The maximum absolute atomic E-state index is 11.8. The number of nitrogens with one attached hydrogen (secondary N) is 1. The molecule has 1 amide bonds. The zero-order valence-corrected chi connectivity index (χ0v) is 10.3. The second-order valence-electron chi connectivity index (χ2n) is 4.58. The van der Waals surface area contributed by atoms with Crippen LogP contribution in [0.4, 0.5) is 0 Å². The lowest BCUT2D eigenvalue weighted by atomic mass is 9.91. The van der Waals surface area contributed by atoms with Crippen LogP contribution in [0.1, 0.15) is 39.5 Å². The average molecular weight is 240 g/mol.